The quantitative estimate of drug-likeness (QED) is 0.222. The van der Waals surface area contributed by atoms with E-state index in [-0.39, 0.29) is 41.5 Å². The number of aliphatic carboxylic acids is 1. The summed E-state index contributed by atoms with van der Waals surface area (Å²) >= 11 is 0. The van der Waals surface area contributed by atoms with Crippen LogP contribution in [0.15, 0.2) is 41.0 Å². The van der Waals surface area contributed by atoms with Gasteiger partial charge in [-0.15, -0.1) is 0 Å². The topological polar surface area (TPSA) is 195 Å². The van der Waals surface area contributed by atoms with Gasteiger partial charge in [0, 0.05) is 11.6 Å². The number of nitrogens with one attached hydrogen (secondary N) is 2. The molecule has 2 saturated carbocycles. The molecular weight excluding hydrogens is 515 g/mol. The minimum Gasteiger partial charge on any atom is -0.480 e. The standard InChI is InChI=1S/C24H29N6O7P/c1-14(21(33)34)29-38(35,37-17-5-3-15(4-6-17)23(2)7-8-23)36-12-24(11-31)9-16(24)10-30-13-26-18-19(30)27-22(25)28-20(18)32/h3-6,10,13-14,31H,7-9,11-12H2,1-2H3,(H,29,35)(H,33,34)(H3,25,27,28,32)/b16-10-/t14?,24-,38-/m0/s1. The van der Waals surface area contributed by atoms with Gasteiger partial charge in [-0.3, -0.25) is 23.7 Å². The fourth-order valence-corrected chi connectivity index (χ4v) is 5.76. The Morgan fingerprint density at radius 1 is 1.37 bits per heavy atom. The third-order valence-electron chi connectivity index (χ3n) is 7.14. The van der Waals surface area contributed by atoms with E-state index in [1.165, 1.54) is 17.8 Å². The van der Waals surface area contributed by atoms with E-state index in [0.717, 1.165) is 24.0 Å². The Morgan fingerprint density at radius 2 is 2.08 bits per heavy atom. The van der Waals surface area contributed by atoms with E-state index in [0.29, 0.717) is 6.42 Å². The van der Waals surface area contributed by atoms with Crippen LogP contribution in [0.1, 0.15) is 38.7 Å². The van der Waals surface area contributed by atoms with Crippen LogP contribution in [-0.4, -0.2) is 55.0 Å². The van der Waals surface area contributed by atoms with Crippen LogP contribution in [0.5, 0.6) is 5.75 Å². The number of nitrogens with two attached hydrogens (primary N) is 1. The molecule has 3 atom stereocenters. The molecule has 1 unspecified atom stereocenters. The van der Waals surface area contributed by atoms with Gasteiger partial charge in [-0.2, -0.15) is 10.1 Å². The molecule has 2 fully saturated rings. The van der Waals surface area contributed by atoms with Crippen molar-refractivity contribution in [2.45, 2.75) is 44.6 Å². The first kappa shape index (κ1) is 26.1. The van der Waals surface area contributed by atoms with Gasteiger partial charge in [-0.05, 0) is 54.9 Å². The Hall–Kier alpha value is -3.51. The predicted molar refractivity (Wildman–Crippen MR) is 138 cm³/mol. The summed E-state index contributed by atoms with van der Waals surface area (Å²) in [5.74, 6) is -1.03. The maximum Gasteiger partial charge on any atom is 0.459 e. The number of carboxylic acid groups (broad SMARTS) is 1. The molecular formula is C24H29N6O7P. The minimum atomic E-state index is -4.17. The summed E-state index contributed by atoms with van der Waals surface area (Å²) in [4.78, 5) is 34.0. The maximum absolute atomic E-state index is 13.7. The van der Waals surface area contributed by atoms with Gasteiger partial charge >= 0.3 is 13.7 Å². The lowest BCUT2D eigenvalue weighted by Gasteiger charge is -2.24. The number of aromatic amines is 1. The Kier molecular flexibility index (Phi) is 6.42. The van der Waals surface area contributed by atoms with E-state index in [9.17, 15) is 24.4 Å². The number of hydrogen-bond acceptors (Lipinski definition) is 9. The lowest BCUT2D eigenvalue weighted by molar-refractivity contribution is -0.138. The van der Waals surface area contributed by atoms with Crippen molar-refractivity contribution < 1.29 is 28.6 Å². The molecule has 0 saturated heterocycles. The van der Waals surface area contributed by atoms with E-state index in [1.807, 2.05) is 12.1 Å². The Bertz CT molecular complexity index is 1530. The van der Waals surface area contributed by atoms with E-state index in [2.05, 4.69) is 27.0 Å². The van der Waals surface area contributed by atoms with Crippen molar-refractivity contribution in [2.24, 2.45) is 5.41 Å². The highest BCUT2D eigenvalue weighted by atomic mass is 31.2. The summed E-state index contributed by atoms with van der Waals surface area (Å²) in [5.41, 5.74) is 6.64. The minimum absolute atomic E-state index is 0.0637. The summed E-state index contributed by atoms with van der Waals surface area (Å²) in [5, 5.41) is 21.9. The number of rotatable bonds is 11. The lowest BCUT2D eigenvalue weighted by atomic mass is 9.99. The van der Waals surface area contributed by atoms with Crippen molar-refractivity contribution in [3.05, 3.63) is 52.1 Å². The highest BCUT2D eigenvalue weighted by molar-refractivity contribution is 7.52. The average Bonchev–Trinajstić information content (AvgIpc) is 3.74. The smallest absolute Gasteiger partial charge is 0.459 e. The molecule has 6 N–H and O–H groups in total. The summed E-state index contributed by atoms with van der Waals surface area (Å²) < 4.78 is 26.6. The second kappa shape index (κ2) is 9.35. The van der Waals surface area contributed by atoms with Gasteiger partial charge in [-0.25, -0.2) is 9.55 Å². The number of imidazole rings is 1. The van der Waals surface area contributed by atoms with Crippen LogP contribution >= 0.6 is 7.75 Å². The fourth-order valence-electron chi connectivity index (χ4n) is 4.18. The molecule has 2 aliphatic carbocycles. The molecule has 0 bridgehead atoms. The summed E-state index contributed by atoms with van der Waals surface area (Å²) in [6.07, 6.45) is 5.64. The number of nitrogens with zero attached hydrogens (tertiary/aromatic N) is 3. The van der Waals surface area contributed by atoms with Gasteiger partial charge in [0.15, 0.2) is 11.2 Å². The van der Waals surface area contributed by atoms with Gasteiger partial charge in [0.25, 0.3) is 5.56 Å². The number of benzene rings is 1. The van der Waals surface area contributed by atoms with Crippen LogP contribution in [0.3, 0.4) is 0 Å². The first-order chi connectivity index (χ1) is 18.0. The molecule has 14 heteroatoms. The van der Waals surface area contributed by atoms with E-state index >= 15 is 0 Å². The molecule has 2 aliphatic rings. The van der Waals surface area contributed by atoms with Crippen LogP contribution in [0, 0.1) is 5.41 Å². The molecule has 5 rings (SSSR count). The molecule has 0 amide bonds. The Balaban J connectivity index is 1.35. The maximum atomic E-state index is 13.7. The molecule has 202 valence electrons. The van der Waals surface area contributed by atoms with Crippen molar-refractivity contribution in [3.63, 3.8) is 0 Å². The van der Waals surface area contributed by atoms with Crippen LogP contribution in [0.25, 0.3) is 17.4 Å². The lowest BCUT2D eigenvalue weighted by Crippen LogP contribution is -2.34. The number of nitrogen functional groups attached to an aromatic ring is 1. The average molecular weight is 545 g/mol. The molecule has 0 radical (unpaired) electrons. The monoisotopic (exact) mass is 544 g/mol. The van der Waals surface area contributed by atoms with Crippen LogP contribution in [0.4, 0.5) is 5.95 Å². The van der Waals surface area contributed by atoms with Gasteiger partial charge in [0.2, 0.25) is 5.95 Å². The molecule has 1 aromatic carbocycles. The SMILES string of the molecule is CC(N[P@](=O)(OC[C@@]1(CO)C/C1=C/n1cnc2c(=O)[nH]c(N)nc21)Oc1ccc(C2(C)CC2)cc1)C(=O)O. The summed E-state index contributed by atoms with van der Waals surface area (Å²) in [6, 6.07) is 5.92. The van der Waals surface area contributed by atoms with Crippen LogP contribution < -0.4 is 20.9 Å². The van der Waals surface area contributed by atoms with Gasteiger partial charge in [-0.1, -0.05) is 19.1 Å². The zero-order valence-corrected chi connectivity index (χ0v) is 21.8. The number of aromatic nitrogens is 4. The van der Waals surface area contributed by atoms with Crippen molar-refractivity contribution in [1.29, 1.82) is 0 Å². The molecule has 2 aromatic heterocycles. The third-order valence-corrected chi connectivity index (χ3v) is 8.77. The van der Waals surface area contributed by atoms with E-state index in [1.54, 1.807) is 18.3 Å². The van der Waals surface area contributed by atoms with Gasteiger partial charge < -0.3 is 20.5 Å². The molecule has 13 nitrogen and oxygen atoms in total. The summed E-state index contributed by atoms with van der Waals surface area (Å²) in [6.45, 7) is 2.94. The van der Waals surface area contributed by atoms with Crippen molar-refractivity contribution >= 4 is 37.0 Å². The zero-order valence-electron chi connectivity index (χ0n) is 20.9. The van der Waals surface area contributed by atoms with E-state index < -0.39 is 30.7 Å². The predicted octanol–water partition coefficient (Wildman–Crippen LogP) is 2.24. The largest absolute Gasteiger partial charge is 0.480 e. The summed E-state index contributed by atoms with van der Waals surface area (Å²) in [7, 11) is -4.17. The Morgan fingerprint density at radius 3 is 2.71 bits per heavy atom. The van der Waals surface area contributed by atoms with Gasteiger partial charge in [0.1, 0.15) is 18.1 Å². The number of carbonyl (C=O) groups is 1. The number of anilines is 1. The van der Waals surface area contributed by atoms with Crippen LogP contribution in [0.2, 0.25) is 0 Å². The molecule has 3 aromatic rings. The Labute approximate surface area is 217 Å². The molecule has 0 spiro atoms. The molecule has 2 heterocycles. The first-order valence-corrected chi connectivity index (χ1v) is 13.6. The number of aliphatic hydroxyl groups excluding tert-OH is 1. The van der Waals surface area contributed by atoms with Crippen LogP contribution in [-0.2, 0) is 19.3 Å². The number of aliphatic hydroxyl groups is 1. The van der Waals surface area contributed by atoms with E-state index in [4.69, 9.17) is 14.8 Å². The second-order valence-corrected chi connectivity index (χ2v) is 11.9. The number of carboxylic acids is 1. The second-order valence-electron chi connectivity index (χ2n) is 10.2. The highest BCUT2D eigenvalue weighted by Crippen LogP contribution is 2.56. The molecule has 38 heavy (non-hydrogen) atoms. The van der Waals surface area contributed by atoms with Crippen molar-refractivity contribution in [1.82, 2.24) is 24.6 Å². The van der Waals surface area contributed by atoms with Gasteiger partial charge in [0.05, 0.1) is 13.2 Å². The number of fused-ring (bicyclic) bond motifs is 1. The zero-order chi connectivity index (χ0) is 27.3. The first-order valence-electron chi connectivity index (χ1n) is 12.1. The third kappa shape index (κ3) is 5.10. The number of hydrogen-bond donors (Lipinski definition) is 5. The molecule has 0 aliphatic heterocycles. The van der Waals surface area contributed by atoms with Crippen molar-refractivity contribution in [2.75, 3.05) is 18.9 Å². The number of H-pyrrole nitrogens is 1. The highest BCUT2D eigenvalue weighted by Gasteiger charge is 2.51. The normalized spacial score (nSPS) is 23.2. The fraction of sp³-hybridized carbons (Fsp3) is 0.417. The van der Waals surface area contributed by atoms with Crippen molar-refractivity contribution in [3.8, 4) is 5.75 Å².